The predicted molar refractivity (Wildman–Crippen MR) is 176 cm³/mol. The molecule has 6 N–H and O–H groups in total. The number of rotatable bonds is 4. The molecule has 0 unspecified atom stereocenters. The van der Waals surface area contributed by atoms with E-state index < -0.39 is 35.4 Å². The maximum absolute atomic E-state index is 11.4. The Morgan fingerprint density at radius 2 is 0.702 bits per heavy atom. The average molecular weight is 752 g/mol. The van der Waals surface area contributed by atoms with Crippen LogP contribution in [0.2, 0.25) is 0 Å². The molecule has 0 heterocycles. The molecule has 12 nitrogen and oxygen atoms in total. The zero-order valence-electron chi connectivity index (χ0n) is 24.5. The molecule has 4 rings (SSSR count). The highest BCUT2D eigenvalue weighted by atomic mass is 127. The minimum Gasteiger partial charge on any atom is -0.507 e. The van der Waals surface area contributed by atoms with Gasteiger partial charge in [0.05, 0.1) is 14.2 Å². The molecule has 4 aromatic carbocycles. The summed E-state index contributed by atoms with van der Waals surface area (Å²) in [6, 6.07) is 16.3. The number of halogens is 1. The Kier molecular flexibility index (Phi) is 13.2. The Bertz CT molecular complexity index is 1840. The molecule has 0 atom stereocenters. The number of benzene rings is 4. The third kappa shape index (κ3) is 9.90. The number of carbonyl (C=O) groups is 4. The number of hydrogen-bond acceptors (Lipinski definition) is 10. The minimum atomic E-state index is -1.24. The number of carbonyl (C=O) groups excluding carboxylic acids is 2. The Hall–Kier alpha value is -6.19. The van der Waals surface area contributed by atoms with Crippen LogP contribution in [0.3, 0.4) is 0 Å². The first-order valence-corrected chi connectivity index (χ1v) is 12.8. The molecule has 4 aromatic rings. The van der Waals surface area contributed by atoms with Gasteiger partial charge in [0.1, 0.15) is 45.3 Å². The molecule has 0 fully saturated rings. The molecule has 13 heteroatoms. The molecular formula is C34H25IO12. The van der Waals surface area contributed by atoms with Gasteiger partial charge in [-0.05, 0) is 72.8 Å². The highest BCUT2D eigenvalue weighted by Crippen LogP contribution is 2.22. The number of ether oxygens (including phenoxy) is 2. The summed E-state index contributed by atoms with van der Waals surface area (Å²) >= 11 is 0. The van der Waals surface area contributed by atoms with Crippen molar-refractivity contribution in [2.24, 2.45) is 0 Å². The van der Waals surface area contributed by atoms with Gasteiger partial charge in [0, 0.05) is 22.3 Å². The molecule has 0 aliphatic carbocycles. The fraction of sp³-hybridized carbons (Fsp3) is 0.0588. The Labute approximate surface area is 284 Å². The normalized spacial score (nSPS) is 9.40. The summed E-state index contributed by atoms with van der Waals surface area (Å²) in [6.45, 7) is 0. The van der Waals surface area contributed by atoms with Crippen LogP contribution in [-0.4, -0.2) is 68.7 Å². The van der Waals surface area contributed by atoms with Crippen LogP contribution in [0.15, 0.2) is 72.8 Å². The zero-order valence-corrected chi connectivity index (χ0v) is 26.8. The number of phenolic OH excluding ortho intramolecular Hbond substituents is 2. The average Bonchev–Trinajstić information content (AvgIpc) is 3.02. The lowest BCUT2D eigenvalue weighted by Crippen LogP contribution is -2.01. The fourth-order valence-electron chi connectivity index (χ4n) is 3.65. The van der Waals surface area contributed by atoms with Crippen molar-refractivity contribution in [2.75, 3.05) is 14.2 Å². The molecule has 0 aromatic heterocycles. The first kappa shape index (κ1) is 37.0. The lowest BCUT2D eigenvalue weighted by atomic mass is 10.1. The van der Waals surface area contributed by atoms with E-state index in [1.807, 2.05) is 0 Å². The summed E-state index contributed by atoms with van der Waals surface area (Å²) in [5, 5.41) is 56.3. The van der Waals surface area contributed by atoms with E-state index in [0.29, 0.717) is 22.3 Å². The first-order valence-electron chi connectivity index (χ1n) is 12.8. The van der Waals surface area contributed by atoms with Gasteiger partial charge in [-0.25, -0.2) is 19.2 Å². The molecule has 240 valence electrons. The SMILES string of the molecule is COC(=O)c1ccc(C#Cc2ccc(C(=O)OC)c(O)c2)cc1O.I.O=C(O)c1ccc(C#Cc2ccc(C(=O)O)c(O)c2)cc1O. The van der Waals surface area contributed by atoms with Crippen molar-refractivity contribution in [1.29, 1.82) is 0 Å². The van der Waals surface area contributed by atoms with E-state index in [1.165, 1.54) is 74.9 Å². The van der Waals surface area contributed by atoms with Gasteiger partial charge >= 0.3 is 23.9 Å². The van der Waals surface area contributed by atoms with Gasteiger partial charge in [0.15, 0.2) is 0 Å². The van der Waals surface area contributed by atoms with E-state index in [-0.39, 0.29) is 57.7 Å². The summed E-state index contributed by atoms with van der Waals surface area (Å²) in [4.78, 5) is 44.3. The smallest absolute Gasteiger partial charge is 0.341 e. The number of hydrogen-bond donors (Lipinski definition) is 6. The van der Waals surface area contributed by atoms with Crippen molar-refractivity contribution in [1.82, 2.24) is 0 Å². The number of carboxylic acid groups (broad SMARTS) is 2. The summed E-state index contributed by atoms with van der Waals surface area (Å²) in [5.74, 6) is 5.89. The van der Waals surface area contributed by atoms with Crippen LogP contribution in [-0.2, 0) is 9.47 Å². The monoisotopic (exact) mass is 752 g/mol. The van der Waals surface area contributed by atoms with Crippen molar-refractivity contribution in [3.63, 3.8) is 0 Å². The number of aromatic hydroxyl groups is 4. The highest BCUT2D eigenvalue weighted by molar-refractivity contribution is 14.0. The number of esters is 2. The van der Waals surface area contributed by atoms with E-state index in [9.17, 15) is 39.6 Å². The van der Waals surface area contributed by atoms with Crippen molar-refractivity contribution < 1.29 is 59.3 Å². The number of carboxylic acids is 2. The maximum atomic E-state index is 11.4. The van der Waals surface area contributed by atoms with Crippen molar-refractivity contribution in [2.45, 2.75) is 0 Å². The summed E-state index contributed by atoms with van der Waals surface area (Å²) < 4.78 is 9.08. The van der Waals surface area contributed by atoms with Gasteiger partial charge in [-0.2, -0.15) is 0 Å². The van der Waals surface area contributed by atoms with E-state index in [2.05, 4.69) is 33.2 Å². The molecule has 0 saturated heterocycles. The number of phenols is 4. The molecule has 0 aliphatic rings. The second kappa shape index (κ2) is 16.8. The predicted octanol–water partition coefficient (Wildman–Crippen LogP) is 4.58. The highest BCUT2D eigenvalue weighted by Gasteiger charge is 2.13. The van der Waals surface area contributed by atoms with E-state index in [4.69, 9.17) is 10.2 Å². The lowest BCUT2D eigenvalue weighted by Gasteiger charge is -2.03. The molecule has 0 aliphatic heterocycles. The van der Waals surface area contributed by atoms with Crippen molar-refractivity contribution in [3.8, 4) is 46.7 Å². The van der Waals surface area contributed by atoms with Crippen LogP contribution in [0.5, 0.6) is 23.0 Å². The van der Waals surface area contributed by atoms with Gasteiger partial charge in [0.25, 0.3) is 0 Å². The summed E-state index contributed by atoms with van der Waals surface area (Å²) in [7, 11) is 2.44. The number of methoxy groups -OCH3 is 2. The van der Waals surface area contributed by atoms with Crippen molar-refractivity contribution >= 4 is 47.9 Å². The van der Waals surface area contributed by atoms with Crippen LogP contribution < -0.4 is 0 Å². The summed E-state index contributed by atoms with van der Waals surface area (Å²) in [6.07, 6.45) is 0. The summed E-state index contributed by atoms with van der Waals surface area (Å²) in [5.41, 5.74) is 1.33. The van der Waals surface area contributed by atoms with E-state index in [0.717, 1.165) is 0 Å². The van der Waals surface area contributed by atoms with Gasteiger partial charge in [-0.1, -0.05) is 23.7 Å². The van der Waals surface area contributed by atoms with E-state index >= 15 is 0 Å². The molecule has 0 amide bonds. The van der Waals surface area contributed by atoms with E-state index in [1.54, 1.807) is 12.1 Å². The fourth-order valence-corrected chi connectivity index (χ4v) is 3.65. The van der Waals surface area contributed by atoms with Crippen LogP contribution in [0.1, 0.15) is 63.7 Å². The zero-order chi connectivity index (χ0) is 34.0. The molecule has 47 heavy (non-hydrogen) atoms. The largest absolute Gasteiger partial charge is 0.507 e. The molecular weight excluding hydrogens is 727 g/mol. The van der Waals surface area contributed by atoms with Gasteiger partial charge in [0.2, 0.25) is 0 Å². The van der Waals surface area contributed by atoms with Crippen molar-refractivity contribution in [3.05, 3.63) is 117 Å². The lowest BCUT2D eigenvalue weighted by molar-refractivity contribution is 0.0588. The Morgan fingerprint density at radius 1 is 0.468 bits per heavy atom. The molecule has 0 spiro atoms. The maximum Gasteiger partial charge on any atom is 0.341 e. The Morgan fingerprint density at radius 3 is 0.894 bits per heavy atom. The second-order valence-corrected chi connectivity index (χ2v) is 9.02. The topological polar surface area (TPSA) is 208 Å². The van der Waals surface area contributed by atoms with Crippen LogP contribution in [0.25, 0.3) is 0 Å². The molecule has 0 bridgehead atoms. The molecule has 0 radical (unpaired) electrons. The molecule has 0 saturated carbocycles. The third-order valence-electron chi connectivity index (χ3n) is 5.96. The Balaban J connectivity index is 0.000000321. The van der Waals surface area contributed by atoms with Gasteiger partial charge < -0.3 is 40.1 Å². The van der Waals surface area contributed by atoms with Crippen LogP contribution in [0.4, 0.5) is 0 Å². The first-order chi connectivity index (χ1) is 21.8. The van der Waals surface area contributed by atoms with Crippen LogP contribution >= 0.6 is 24.0 Å². The van der Waals surface area contributed by atoms with Gasteiger partial charge in [-0.15, -0.1) is 24.0 Å². The number of aromatic carboxylic acids is 2. The van der Waals surface area contributed by atoms with Gasteiger partial charge in [-0.3, -0.25) is 0 Å². The standard InChI is InChI=1S/C18H14O6.C16H10O6.HI/c1-23-17(21)13-7-5-11(9-15(13)19)3-4-12-6-8-14(16(20)10-12)18(22)24-2;17-13-7-9(3-5-11(13)15(19)20)1-2-10-4-6-12(16(21)22)14(18)8-10;/h5-10,19-20H,1-2H3;3-8,17-18H,(H,19,20)(H,21,22);1H. The second-order valence-electron chi connectivity index (χ2n) is 9.02. The quantitative estimate of drug-likeness (QED) is 0.0962. The minimum absolute atomic E-state index is 0. The van der Waals surface area contributed by atoms with Crippen LogP contribution in [0, 0.1) is 23.7 Å². The third-order valence-corrected chi connectivity index (χ3v) is 5.96.